The molecule has 0 aliphatic heterocycles. The molecule has 0 N–H and O–H groups in total. The summed E-state index contributed by atoms with van der Waals surface area (Å²) in [4.78, 5) is 0. The van der Waals surface area contributed by atoms with Crippen LogP contribution in [-0.2, 0) is 0 Å². The average Bonchev–Trinajstić information content (AvgIpc) is 2.30. The molecule has 0 bridgehead atoms. The Labute approximate surface area is 102 Å². The quantitative estimate of drug-likeness (QED) is 0.593. The summed E-state index contributed by atoms with van der Waals surface area (Å²) in [5, 5.41) is 0. The van der Waals surface area contributed by atoms with E-state index in [1.807, 2.05) is 0 Å². The van der Waals surface area contributed by atoms with Gasteiger partial charge in [-0.15, -0.1) is 0 Å². The maximum absolute atomic E-state index is 12.5. The van der Waals surface area contributed by atoms with Crippen molar-refractivity contribution in [3.05, 3.63) is 36.4 Å². The van der Waals surface area contributed by atoms with Crippen LogP contribution in [0.5, 0.6) is 11.5 Å². The minimum Gasteiger partial charge on any atom is -0.428 e. The molecule has 0 amide bonds. The van der Waals surface area contributed by atoms with Gasteiger partial charge >= 0.3 is 24.6 Å². The van der Waals surface area contributed by atoms with Gasteiger partial charge in [-0.3, -0.25) is 0 Å². The van der Waals surface area contributed by atoms with Crippen molar-refractivity contribution in [2.24, 2.45) is 0 Å². The number of rotatable bonds is 5. The highest BCUT2D eigenvalue weighted by molar-refractivity contribution is 5.32. The zero-order valence-corrected chi connectivity index (χ0v) is 8.85. The van der Waals surface area contributed by atoms with Gasteiger partial charge in [0.15, 0.2) is 0 Å². The summed E-state index contributed by atoms with van der Waals surface area (Å²) in [6, 6.07) is 0.884. The van der Waals surface area contributed by atoms with E-state index in [1.54, 1.807) is 0 Å². The lowest BCUT2D eigenvalue weighted by Crippen LogP contribution is -2.33. The molecule has 0 aromatic heterocycles. The van der Waals surface area contributed by atoms with Crippen molar-refractivity contribution in [2.75, 3.05) is 0 Å². The van der Waals surface area contributed by atoms with Gasteiger partial charge in [0.1, 0.15) is 11.5 Å². The van der Waals surface area contributed by atoms with Crippen molar-refractivity contribution in [1.29, 1.82) is 0 Å². The highest BCUT2D eigenvalue weighted by atomic mass is 19.3. The fraction of sp³-hybridized carbons (Fsp3) is 0.200. The standard InChI is InChI=1S/C10H5F7O2/c11-7(12)8(13)18-5-1-3-6(4-2-5)19-10(16,17)9(14)15/h1-4,9H. The molecule has 0 spiro atoms. The van der Waals surface area contributed by atoms with E-state index < -0.39 is 36.1 Å². The summed E-state index contributed by atoms with van der Waals surface area (Å²) < 4.78 is 91.9. The summed E-state index contributed by atoms with van der Waals surface area (Å²) in [6.07, 6.45) is -11.4. The van der Waals surface area contributed by atoms with Crippen LogP contribution < -0.4 is 9.47 Å². The van der Waals surface area contributed by atoms with Gasteiger partial charge in [0.25, 0.3) is 0 Å². The molecule has 106 valence electrons. The van der Waals surface area contributed by atoms with Crippen LogP contribution in [0.2, 0.25) is 0 Å². The first-order valence-corrected chi connectivity index (χ1v) is 4.56. The van der Waals surface area contributed by atoms with Gasteiger partial charge < -0.3 is 9.47 Å². The summed E-state index contributed by atoms with van der Waals surface area (Å²) in [6.45, 7) is 0. The maximum Gasteiger partial charge on any atom is 0.461 e. The average molecular weight is 290 g/mol. The van der Waals surface area contributed by atoms with Crippen LogP contribution in [-0.4, -0.2) is 12.5 Å². The minimum atomic E-state index is -4.70. The fourth-order valence-electron chi connectivity index (χ4n) is 0.919. The van der Waals surface area contributed by atoms with Crippen molar-refractivity contribution in [3.63, 3.8) is 0 Å². The Morgan fingerprint density at radius 2 is 1.42 bits per heavy atom. The first-order valence-electron chi connectivity index (χ1n) is 4.56. The Bertz CT molecular complexity index is 451. The monoisotopic (exact) mass is 290 g/mol. The third-order valence-electron chi connectivity index (χ3n) is 1.69. The molecule has 0 saturated carbocycles. The molecule has 19 heavy (non-hydrogen) atoms. The van der Waals surface area contributed by atoms with Crippen LogP contribution in [0.4, 0.5) is 30.7 Å². The van der Waals surface area contributed by atoms with Gasteiger partial charge in [-0.25, -0.2) is 0 Å². The van der Waals surface area contributed by atoms with Crippen molar-refractivity contribution in [1.82, 2.24) is 0 Å². The molecule has 0 fully saturated rings. The van der Waals surface area contributed by atoms with Crippen LogP contribution in [0.3, 0.4) is 0 Å². The normalized spacial score (nSPS) is 11.4. The first-order chi connectivity index (χ1) is 8.72. The molecule has 1 aromatic carbocycles. The maximum atomic E-state index is 12.5. The number of hydrogen-bond acceptors (Lipinski definition) is 2. The molecule has 0 aliphatic carbocycles. The second kappa shape index (κ2) is 5.81. The Kier molecular flexibility index (Phi) is 4.62. The SMILES string of the molecule is FC(F)=C(F)Oc1ccc(OC(F)(F)C(F)F)cc1. The predicted octanol–water partition coefficient (Wildman–Crippen LogP) is 4.34. The van der Waals surface area contributed by atoms with Gasteiger partial charge in [-0.2, -0.15) is 30.7 Å². The van der Waals surface area contributed by atoms with E-state index in [-0.39, 0.29) is 0 Å². The van der Waals surface area contributed by atoms with Gasteiger partial charge in [-0.05, 0) is 24.3 Å². The molecule has 0 aliphatic rings. The Hall–Kier alpha value is -1.93. The van der Waals surface area contributed by atoms with E-state index in [0.29, 0.717) is 0 Å². The predicted molar refractivity (Wildman–Crippen MR) is 49.0 cm³/mol. The number of hydrogen-bond donors (Lipinski definition) is 0. The smallest absolute Gasteiger partial charge is 0.428 e. The summed E-state index contributed by atoms with van der Waals surface area (Å²) >= 11 is 0. The number of benzene rings is 1. The van der Waals surface area contributed by atoms with E-state index in [1.165, 1.54) is 0 Å². The molecular formula is C10H5F7O2. The molecule has 0 unspecified atom stereocenters. The van der Waals surface area contributed by atoms with Crippen LogP contribution in [0.25, 0.3) is 0 Å². The minimum absolute atomic E-state index is 0.446. The van der Waals surface area contributed by atoms with Gasteiger partial charge in [0.2, 0.25) is 0 Å². The van der Waals surface area contributed by atoms with E-state index in [0.717, 1.165) is 24.3 Å². The van der Waals surface area contributed by atoms with Crippen LogP contribution in [0.15, 0.2) is 36.4 Å². The lowest BCUT2D eigenvalue weighted by molar-refractivity contribution is -0.253. The van der Waals surface area contributed by atoms with Crippen LogP contribution in [0.1, 0.15) is 0 Å². The summed E-state index contributed by atoms with van der Waals surface area (Å²) in [5.74, 6) is -1.11. The molecule has 1 rings (SSSR count). The highest BCUT2D eigenvalue weighted by Gasteiger charge is 2.43. The van der Waals surface area contributed by atoms with Crippen molar-refractivity contribution < 1.29 is 40.2 Å². The zero-order valence-electron chi connectivity index (χ0n) is 8.85. The second-order valence-corrected chi connectivity index (χ2v) is 3.07. The first kappa shape index (κ1) is 15.1. The van der Waals surface area contributed by atoms with E-state index in [9.17, 15) is 30.7 Å². The Morgan fingerprint density at radius 1 is 0.947 bits per heavy atom. The highest BCUT2D eigenvalue weighted by Crippen LogP contribution is 2.29. The lowest BCUT2D eigenvalue weighted by Gasteiger charge is -2.16. The summed E-state index contributed by atoms with van der Waals surface area (Å²) in [7, 11) is 0. The molecule has 0 radical (unpaired) electrons. The fourth-order valence-corrected chi connectivity index (χ4v) is 0.919. The number of ether oxygens (including phenoxy) is 2. The van der Waals surface area contributed by atoms with Gasteiger partial charge in [0.05, 0.1) is 0 Å². The topological polar surface area (TPSA) is 18.5 Å². The Morgan fingerprint density at radius 3 is 1.84 bits per heavy atom. The van der Waals surface area contributed by atoms with E-state index in [4.69, 9.17) is 0 Å². The molecular weight excluding hydrogens is 285 g/mol. The summed E-state index contributed by atoms with van der Waals surface area (Å²) in [5.41, 5.74) is 0. The largest absolute Gasteiger partial charge is 0.461 e. The van der Waals surface area contributed by atoms with E-state index in [2.05, 4.69) is 9.47 Å². The van der Waals surface area contributed by atoms with Crippen LogP contribution in [0, 0.1) is 0 Å². The van der Waals surface area contributed by atoms with Crippen molar-refractivity contribution in [3.8, 4) is 11.5 Å². The van der Waals surface area contributed by atoms with Crippen molar-refractivity contribution in [2.45, 2.75) is 12.5 Å². The molecule has 1 aromatic rings. The third kappa shape index (κ3) is 4.34. The van der Waals surface area contributed by atoms with E-state index >= 15 is 0 Å². The van der Waals surface area contributed by atoms with Crippen molar-refractivity contribution >= 4 is 0 Å². The van der Waals surface area contributed by atoms with Gasteiger partial charge in [0, 0.05) is 0 Å². The zero-order chi connectivity index (χ0) is 14.6. The number of halogens is 7. The molecule has 0 heterocycles. The Balaban J connectivity index is 2.75. The second-order valence-electron chi connectivity index (χ2n) is 3.07. The lowest BCUT2D eigenvalue weighted by atomic mass is 10.3. The molecule has 0 atom stereocenters. The molecule has 2 nitrogen and oxygen atoms in total. The molecule has 9 heteroatoms. The molecule has 0 saturated heterocycles. The number of alkyl halides is 4. The van der Waals surface area contributed by atoms with Crippen LogP contribution >= 0.6 is 0 Å². The third-order valence-corrected chi connectivity index (χ3v) is 1.69. The van der Waals surface area contributed by atoms with Gasteiger partial charge in [-0.1, -0.05) is 0 Å².